The molecule has 1 aromatic carbocycles. The van der Waals surface area contributed by atoms with Crippen LogP contribution in [-0.4, -0.2) is 13.4 Å². The Morgan fingerprint density at radius 3 is 2.55 bits per heavy atom. The molecule has 0 aliphatic heterocycles. The zero-order valence-corrected chi connectivity index (χ0v) is 13.2. The van der Waals surface area contributed by atoms with Crippen molar-refractivity contribution in [2.75, 3.05) is 5.73 Å². The van der Waals surface area contributed by atoms with Gasteiger partial charge in [-0.25, -0.2) is 18.1 Å². The van der Waals surface area contributed by atoms with Crippen LogP contribution in [0.2, 0.25) is 0 Å². The maximum absolute atomic E-state index is 12.2. The van der Waals surface area contributed by atoms with Crippen LogP contribution < -0.4 is 10.5 Å². The number of rotatable bonds is 4. The quantitative estimate of drug-likeness (QED) is 0.847. The van der Waals surface area contributed by atoms with Gasteiger partial charge in [0.1, 0.15) is 5.01 Å². The molecule has 0 amide bonds. The van der Waals surface area contributed by atoms with Gasteiger partial charge < -0.3 is 5.73 Å². The number of benzene rings is 1. The fourth-order valence-electron chi connectivity index (χ4n) is 1.73. The molecule has 0 saturated heterocycles. The molecular formula is C13H17N3O2S2. The van der Waals surface area contributed by atoms with Gasteiger partial charge in [0.25, 0.3) is 0 Å². The zero-order chi connectivity index (χ0) is 14.9. The Kier molecular flexibility index (Phi) is 4.12. The van der Waals surface area contributed by atoms with Gasteiger partial charge in [-0.2, -0.15) is 0 Å². The number of nitrogens with one attached hydrogen (secondary N) is 1. The van der Waals surface area contributed by atoms with Gasteiger partial charge in [-0.3, -0.25) is 0 Å². The van der Waals surface area contributed by atoms with Gasteiger partial charge in [-0.1, -0.05) is 0 Å². The predicted octanol–water partition coefficient (Wildman–Crippen LogP) is 2.13. The number of aryl methyl sites for hydroxylation is 2. The van der Waals surface area contributed by atoms with E-state index >= 15 is 0 Å². The Morgan fingerprint density at radius 2 is 2.00 bits per heavy atom. The van der Waals surface area contributed by atoms with Gasteiger partial charge in [0, 0.05) is 16.8 Å². The van der Waals surface area contributed by atoms with Crippen molar-refractivity contribution in [3.63, 3.8) is 0 Å². The highest BCUT2D eigenvalue weighted by Gasteiger charge is 2.16. The van der Waals surface area contributed by atoms with Crippen LogP contribution in [0.25, 0.3) is 0 Å². The number of sulfonamides is 1. The van der Waals surface area contributed by atoms with Crippen molar-refractivity contribution in [1.29, 1.82) is 0 Å². The monoisotopic (exact) mass is 311 g/mol. The fraction of sp³-hybridized carbons (Fsp3) is 0.308. The number of nitrogens with two attached hydrogens (primary N) is 1. The Morgan fingerprint density at radius 1 is 1.30 bits per heavy atom. The molecule has 20 heavy (non-hydrogen) atoms. The van der Waals surface area contributed by atoms with Gasteiger partial charge in [0.2, 0.25) is 10.0 Å². The Bertz CT molecular complexity index is 713. The highest BCUT2D eigenvalue weighted by molar-refractivity contribution is 7.89. The average Bonchev–Trinajstić information content (AvgIpc) is 2.79. The fourth-order valence-corrected chi connectivity index (χ4v) is 3.64. The van der Waals surface area contributed by atoms with E-state index in [1.54, 1.807) is 6.07 Å². The first-order chi connectivity index (χ1) is 9.29. The molecule has 0 spiro atoms. The van der Waals surface area contributed by atoms with Crippen molar-refractivity contribution in [2.45, 2.75) is 32.2 Å². The number of nitrogen functional groups attached to an aromatic ring is 1. The second kappa shape index (κ2) is 5.51. The summed E-state index contributed by atoms with van der Waals surface area (Å²) in [5.41, 5.74) is 8.96. The second-order valence-corrected chi connectivity index (χ2v) is 7.37. The minimum absolute atomic E-state index is 0.186. The molecule has 5 nitrogen and oxygen atoms in total. The first-order valence-electron chi connectivity index (χ1n) is 6.07. The van der Waals surface area contributed by atoms with Gasteiger partial charge in [0.05, 0.1) is 11.4 Å². The van der Waals surface area contributed by atoms with E-state index in [-0.39, 0.29) is 11.4 Å². The Labute approximate surface area is 122 Å². The molecule has 3 N–H and O–H groups in total. The molecule has 0 radical (unpaired) electrons. The predicted molar refractivity (Wildman–Crippen MR) is 81.2 cm³/mol. The van der Waals surface area contributed by atoms with Gasteiger partial charge in [-0.15, -0.1) is 11.3 Å². The van der Waals surface area contributed by atoms with E-state index in [0.29, 0.717) is 5.69 Å². The lowest BCUT2D eigenvalue weighted by Gasteiger charge is -2.10. The van der Waals surface area contributed by atoms with Crippen molar-refractivity contribution in [2.24, 2.45) is 0 Å². The Balaban J connectivity index is 2.22. The highest BCUT2D eigenvalue weighted by Crippen LogP contribution is 2.21. The molecule has 2 aromatic rings. The molecule has 0 bridgehead atoms. The summed E-state index contributed by atoms with van der Waals surface area (Å²) < 4.78 is 27.0. The summed E-state index contributed by atoms with van der Waals surface area (Å²) in [6, 6.07) is 3.11. The van der Waals surface area contributed by atoms with Crippen LogP contribution >= 0.6 is 11.3 Å². The molecule has 0 atom stereocenters. The van der Waals surface area contributed by atoms with Crippen molar-refractivity contribution < 1.29 is 8.42 Å². The smallest absolute Gasteiger partial charge is 0.241 e. The van der Waals surface area contributed by atoms with Crippen molar-refractivity contribution in [3.05, 3.63) is 39.3 Å². The van der Waals surface area contributed by atoms with E-state index in [1.165, 1.54) is 17.4 Å². The molecule has 0 unspecified atom stereocenters. The van der Waals surface area contributed by atoms with E-state index in [4.69, 9.17) is 5.73 Å². The largest absolute Gasteiger partial charge is 0.398 e. The molecular weight excluding hydrogens is 294 g/mol. The molecule has 0 aliphatic rings. The zero-order valence-electron chi connectivity index (χ0n) is 11.6. The van der Waals surface area contributed by atoms with Crippen LogP contribution in [-0.2, 0) is 16.6 Å². The minimum Gasteiger partial charge on any atom is -0.398 e. The summed E-state index contributed by atoms with van der Waals surface area (Å²) in [6.45, 7) is 5.77. The molecule has 2 rings (SSSR count). The van der Waals surface area contributed by atoms with Crippen LogP contribution in [0.1, 0.15) is 21.8 Å². The van der Waals surface area contributed by atoms with Gasteiger partial charge in [0.15, 0.2) is 0 Å². The van der Waals surface area contributed by atoms with Crippen LogP contribution in [0.15, 0.2) is 22.4 Å². The molecule has 0 fully saturated rings. The minimum atomic E-state index is -3.57. The van der Waals surface area contributed by atoms with Crippen molar-refractivity contribution in [1.82, 2.24) is 9.71 Å². The molecule has 0 aliphatic carbocycles. The summed E-state index contributed by atoms with van der Waals surface area (Å²) >= 11 is 1.43. The first kappa shape index (κ1) is 15.0. The number of thiazole rings is 1. The average molecular weight is 311 g/mol. The number of anilines is 1. The summed E-state index contributed by atoms with van der Waals surface area (Å²) in [7, 11) is -3.57. The van der Waals surface area contributed by atoms with Crippen LogP contribution in [0.3, 0.4) is 0 Å². The van der Waals surface area contributed by atoms with E-state index in [1.807, 2.05) is 26.2 Å². The van der Waals surface area contributed by atoms with Gasteiger partial charge >= 0.3 is 0 Å². The first-order valence-corrected chi connectivity index (χ1v) is 8.43. The van der Waals surface area contributed by atoms with E-state index in [2.05, 4.69) is 9.71 Å². The second-order valence-electron chi connectivity index (χ2n) is 4.66. The topological polar surface area (TPSA) is 85.1 Å². The number of hydrogen-bond donors (Lipinski definition) is 2. The third-order valence-electron chi connectivity index (χ3n) is 3.07. The summed E-state index contributed by atoms with van der Waals surface area (Å²) in [5, 5.41) is 2.63. The maximum atomic E-state index is 12.2. The van der Waals surface area contributed by atoms with Crippen LogP contribution in [0.4, 0.5) is 5.69 Å². The van der Waals surface area contributed by atoms with Crippen LogP contribution in [0.5, 0.6) is 0 Å². The molecule has 7 heteroatoms. The SMILES string of the molecule is Cc1csc(CNS(=O)(=O)c2cc(C)c(C)c(N)c2)n1. The molecule has 108 valence electrons. The highest BCUT2D eigenvalue weighted by atomic mass is 32.2. The lowest BCUT2D eigenvalue weighted by atomic mass is 10.1. The Hall–Kier alpha value is -1.44. The number of nitrogens with zero attached hydrogens (tertiary/aromatic N) is 1. The summed E-state index contributed by atoms with van der Waals surface area (Å²) in [4.78, 5) is 4.41. The lowest BCUT2D eigenvalue weighted by molar-refractivity contribution is 0.581. The summed E-state index contributed by atoms with van der Waals surface area (Å²) in [6.07, 6.45) is 0. The van der Waals surface area contributed by atoms with E-state index in [0.717, 1.165) is 21.8 Å². The van der Waals surface area contributed by atoms with Crippen molar-refractivity contribution >= 4 is 27.0 Å². The summed E-state index contributed by atoms with van der Waals surface area (Å²) in [5.74, 6) is 0. The molecule has 1 aromatic heterocycles. The van der Waals surface area contributed by atoms with E-state index in [9.17, 15) is 8.42 Å². The standard InChI is InChI=1S/C13H17N3O2S2/c1-8-4-11(5-12(14)10(8)3)20(17,18)15-6-13-16-9(2)7-19-13/h4-5,7,15H,6,14H2,1-3H3. The molecule has 0 saturated carbocycles. The van der Waals surface area contributed by atoms with Crippen molar-refractivity contribution in [3.8, 4) is 0 Å². The third-order valence-corrected chi connectivity index (χ3v) is 5.42. The molecule has 1 heterocycles. The number of aromatic nitrogens is 1. The van der Waals surface area contributed by atoms with E-state index < -0.39 is 10.0 Å². The van der Waals surface area contributed by atoms with Crippen LogP contribution in [0, 0.1) is 20.8 Å². The maximum Gasteiger partial charge on any atom is 0.241 e. The third kappa shape index (κ3) is 3.17. The van der Waals surface area contributed by atoms with Gasteiger partial charge in [-0.05, 0) is 44.0 Å². The lowest BCUT2D eigenvalue weighted by Crippen LogP contribution is -2.23. The normalized spacial score (nSPS) is 11.8. The number of hydrogen-bond acceptors (Lipinski definition) is 5.